The lowest BCUT2D eigenvalue weighted by Gasteiger charge is -2.43. The Kier molecular flexibility index (Phi) is 3.30. The highest BCUT2D eigenvalue weighted by Crippen LogP contribution is 2.49. The van der Waals surface area contributed by atoms with Gasteiger partial charge in [-0.1, -0.05) is 60.7 Å². The van der Waals surface area contributed by atoms with Gasteiger partial charge in [0, 0.05) is 23.8 Å². The van der Waals surface area contributed by atoms with Gasteiger partial charge in [0.05, 0.1) is 12.1 Å². The summed E-state index contributed by atoms with van der Waals surface area (Å²) in [5.41, 5.74) is 3.93. The second-order valence-electron chi connectivity index (χ2n) is 6.88. The lowest BCUT2D eigenvalue weighted by atomic mass is 9.76. The molecule has 0 aromatic heterocycles. The van der Waals surface area contributed by atoms with E-state index < -0.39 is 0 Å². The second-order valence-corrected chi connectivity index (χ2v) is 6.88. The molecule has 0 spiro atoms. The van der Waals surface area contributed by atoms with Gasteiger partial charge in [0.25, 0.3) is 0 Å². The fraction of sp³-hybridized carbons (Fsp3) is 0.273. The number of hydrogen-bond donors (Lipinski definition) is 1. The van der Waals surface area contributed by atoms with Crippen LogP contribution < -0.4 is 5.32 Å². The molecule has 2 aliphatic rings. The van der Waals surface area contributed by atoms with Crippen LogP contribution in [0.3, 0.4) is 0 Å². The van der Waals surface area contributed by atoms with Gasteiger partial charge in [-0.05, 0) is 35.2 Å². The Bertz CT molecular complexity index is 883. The van der Waals surface area contributed by atoms with Gasteiger partial charge in [0.2, 0.25) is 0 Å². The summed E-state index contributed by atoms with van der Waals surface area (Å²) in [7, 11) is 0. The normalized spacial score (nSPS) is 25.6. The van der Waals surface area contributed by atoms with Gasteiger partial charge in [0.15, 0.2) is 0 Å². The first-order valence-corrected chi connectivity index (χ1v) is 8.86. The van der Waals surface area contributed by atoms with Crippen LogP contribution in [0.4, 0.5) is 5.69 Å². The molecule has 2 heteroatoms. The number of anilines is 1. The maximum Gasteiger partial charge on any atom is 0.0895 e. The van der Waals surface area contributed by atoms with Crippen molar-refractivity contribution in [3.8, 4) is 0 Å². The zero-order valence-corrected chi connectivity index (χ0v) is 13.6. The Labute approximate surface area is 142 Å². The van der Waals surface area contributed by atoms with Crippen molar-refractivity contribution < 1.29 is 4.74 Å². The Hall–Kier alpha value is -2.32. The number of rotatable bonds is 1. The van der Waals surface area contributed by atoms with Crippen LogP contribution in [0.25, 0.3) is 10.8 Å². The van der Waals surface area contributed by atoms with Crippen molar-refractivity contribution in [2.24, 2.45) is 5.92 Å². The van der Waals surface area contributed by atoms with Crippen LogP contribution in [0, 0.1) is 5.92 Å². The van der Waals surface area contributed by atoms with Crippen molar-refractivity contribution in [3.63, 3.8) is 0 Å². The summed E-state index contributed by atoms with van der Waals surface area (Å²) in [4.78, 5) is 0. The highest BCUT2D eigenvalue weighted by Gasteiger charge is 2.39. The number of fused-ring (bicyclic) bond motifs is 4. The first-order valence-electron chi connectivity index (χ1n) is 8.86. The number of hydrogen-bond acceptors (Lipinski definition) is 2. The highest BCUT2D eigenvalue weighted by molar-refractivity contribution is 5.86. The van der Waals surface area contributed by atoms with E-state index in [1.807, 2.05) is 0 Å². The van der Waals surface area contributed by atoms with Crippen molar-refractivity contribution in [2.45, 2.75) is 25.0 Å². The molecule has 2 heterocycles. The van der Waals surface area contributed by atoms with Crippen LogP contribution in [0.15, 0.2) is 66.7 Å². The van der Waals surface area contributed by atoms with Crippen LogP contribution in [-0.2, 0) is 4.74 Å². The van der Waals surface area contributed by atoms with E-state index in [0.29, 0.717) is 12.0 Å². The van der Waals surface area contributed by atoms with E-state index in [1.54, 1.807) is 0 Å². The molecule has 24 heavy (non-hydrogen) atoms. The third kappa shape index (κ3) is 2.14. The van der Waals surface area contributed by atoms with Gasteiger partial charge >= 0.3 is 0 Å². The third-order valence-corrected chi connectivity index (χ3v) is 5.53. The lowest BCUT2D eigenvalue weighted by Crippen LogP contribution is -2.36. The fourth-order valence-corrected chi connectivity index (χ4v) is 4.45. The van der Waals surface area contributed by atoms with Crippen molar-refractivity contribution in [2.75, 3.05) is 11.9 Å². The minimum atomic E-state index is 0.208. The fourth-order valence-electron chi connectivity index (χ4n) is 4.45. The van der Waals surface area contributed by atoms with Crippen LogP contribution in [0.5, 0.6) is 0 Å². The smallest absolute Gasteiger partial charge is 0.0895 e. The van der Waals surface area contributed by atoms with Crippen molar-refractivity contribution in [1.29, 1.82) is 0 Å². The molecule has 1 saturated heterocycles. The molecule has 0 radical (unpaired) electrons. The summed E-state index contributed by atoms with van der Waals surface area (Å²) in [6.45, 7) is 0.873. The molecule has 5 rings (SSSR count). The monoisotopic (exact) mass is 315 g/mol. The van der Waals surface area contributed by atoms with E-state index in [0.717, 1.165) is 13.0 Å². The first kappa shape index (κ1) is 14.1. The number of para-hydroxylation sites is 1. The summed E-state index contributed by atoms with van der Waals surface area (Å²) in [5.74, 6) is 0.486. The number of nitrogens with one attached hydrogen (secondary N) is 1. The summed E-state index contributed by atoms with van der Waals surface area (Å²) >= 11 is 0. The molecule has 0 bridgehead atoms. The molecular weight excluding hydrogens is 294 g/mol. The molecule has 120 valence electrons. The molecule has 0 amide bonds. The molecule has 2 nitrogen and oxygen atoms in total. The minimum absolute atomic E-state index is 0.208. The predicted octanol–water partition coefficient (Wildman–Crippen LogP) is 5.47. The van der Waals surface area contributed by atoms with Gasteiger partial charge in [-0.25, -0.2) is 0 Å². The molecule has 0 saturated carbocycles. The maximum absolute atomic E-state index is 6.23. The van der Waals surface area contributed by atoms with E-state index in [4.69, 9.17) is 4.74 Å². The lowest BCUT2D eigenvalue weighted by molar-refractivity contribution is -0.0379. The van der Waals surface area contributed by atoms with Crippen molar-refractivity contribution in [3.05, 3.63) is 77.9 Å². The Morgan fingerprint density at radius 2 is 1.62 bits per heavy atom. The van der Waals surface area contributed by atoms with Crippen molar-refractivity contribution in [1.82, 2.24) is 0 Å². The SMILES string of the molecule is c1ccc2c(c1)N[C@@H](c1cccc3ccccc13)[C@H]1CCCO[C@@H]21. The topological polar surface area (TPSA) is 21.3 Å². The maximum atomic E-state index is 6.23. The van der Waals surface area contributed by atoms with E-state index >= 15 is 0 Å². The summed E-state index contributed by atoms with van der Waals surface area (Å²) in [6.07, 6.45) is 2.56. The average Bonchev–Trinajstić information content (AvgIpc) is 2.67. The molecule has 2 aliphatic heterocycles. The first-order chi connectivity index (χ1) is 11.9. The second kappa shape index (κ2) is 5.64. The predicted molar refractivity (Wildman–Crippen MR) is 98.2 cm³/mol. The molecule has 1 N–H and O–H groups in total. The Morgan fingerprint density at radius 3 is 2.62 bits per heavy atom. The van der Waals surface area contributed by atoms with Crippen LogP contribution in [0.2, 0.25) is 0 Å². The molecule has 0 unspecified atom stereocenters. The molecule has 1 fully saturated rings. The number of ether oxygens (including phenoxy) is 1. The van der Waals surface area contributed by atoms with E-state index in [9.17, 15) is 0 Å². The van der Waals surface area contributed by atoms with Crippen molar-refractivity contribution >= 4 is 16.5 Å². The van der Waals surface area contributed by atoms with Gasteiger partial charge in [0.1, 0.15) is 0 Å². The van der Waals surface area contributed by atoms with E-state index in [-0.39, 0.29) is 6.10 Å². The van der Waals surface area contributed by atoms with Crippen LogP contribution in [0.1, 0.15) is 36.1 Å². The van der Waals surface area contributed by atoms with Gasteiger partial charge in [-0.3, -0.25) is 0 Å². The summed E-state index contributed by atoms with van der Waals surface area (Å²) in [5, 5.41) is 6.48. The summed E-state index contributed by atoms with van der Waals surface area (Å²) in [6, 6.07) is 24.3. The van der Waals surface area contributed by atoms with Crippen LogP contribution >= 0.6 is 0 Å². The Morgan fingerprint density at radius 1 is 0.833 bits per heavy atom. The summed E-state index contributed by atoms with van der Waals surface area (Å²) < 4.78 is 6.23. The average molecular weight is 315 g/mol. The number of benzene rings is 3. The molecule has 0 aliphatic carbocycles. The zero-order valence-electron chi connectivity index (χ0n) is 13.6. The quantitative estimate of drug-likeness (QED) is 0.642. The van der Waals surface area contributed by atoms with Gasteiger partial charge in [-0.2, -0.15) is 0 Å². The third-order valence-electron chi connectivity index (χ3n) is 5.53. The van der Waals surface area contributed by atoms with Gasteiger partial charge in [-0.15, -0.1) is 0 Å². The standard InChI is InChI=1S/C22H21NO/c1-2-9-16-15(7-1)8-5-11-17(16)21-19-12-6-14-24-22(19)18-10-3-4-13-20(18)23-21/h1-5,7-11,13,19,21-23H,6,12,14H2/t19-,21+,22+/m1/s1. The van der Waals surface area contributed by atoms with E-state index in [1.165, 1.54) is 34.0 Å². The van der Waals surface area contributed by atoms with Crippen LogP contribution in [-0.4, -0.2) is 6.61 Å². The zero-order chi connectivity index (χ0) is 15.9. The minimum Gasteiger partial charge on any atom is -0.378 e. The largest absolute Gasteiger partial charge is 0.378 e. The van der Waals surface area contributed by atoms with E-state index in [2.05, 4.69) is 72.0 Å². The highest BCUT2D eigenvalue weighted by atomic mass is 16.5. The molecule has 3 aromatic rings. The van der Waals surface area contributed by atoms with Gasteiger partial charge < -0.3 is 10.1 Å². The molecular formula is C22H21NO. The molecule has 3 atom stereocenters. The Balaban J connectivity index is 1.67. The molecule has 3 aromatic carbocycles.